The minimum atomic E-state index is 0.411. The monoisotopic (exact) mass is 247 g/mol. The first-order chi connectivity index (χ1) is 8.73. The van der Waals surface area contributed by atoms with Crippen LogP contribution in [0.5, 0.6) is 11.5 Å². The van der Waals surface area contributed by atoms with Crippen LogP contribution in [0.1, 0.15) is 37.8 Å². The number of fused-ring (bicyclic) bond motifs is 1. The number of hydrogen-bond donors (Lipinski definition) is 1. The first-order valence-corrected chi connectivity index (χ1v) is 6.80. The summed E-state index contributed by atoms with van der Waals surface area (Å²) in [5.41, 5.74) is 1.72. The van der Waals surface area contributed by atoms with E-state index in [1.54, 1.807) is 0 Å². The van der Waals surface area contributed by atoms with Crippen LogP contribution < -0.4 is 14.8 Å². The standard InChI is InChI=1S/C15H21NO2/c1-15(6-7-15)14(16-2)11-4-5-12-13(10-11)18-9-3-8-17-12/h4-5,10,14,16H,3,6-9H2,1-2H3. The first-order valence-electron chi connectivity index (χ1n) is 6.80. The third-order valence-electron chi connectivity index (χ3n) is 4.13. The second kappa shape index (κ2) is 4.47. The van der Waals surface area contributed by atoms with Gasteiger partial charge in [0.2, 0.25) is 0 Å². The van der Waals surface area contributed by atoms with E-state index >= 15 is 0 Å². The van der Waals surface area contributed by atoms with Crippen LogP contribution in [-0.2, 0) is 0 Å². The molecule has 2 aliphatic rings. The smallest absolute Gasteiger partial charge is 0.161 e. The molecule has 1 aliphatic heterocycles. The summed E-state index contributed by atoms with van der Waals surface area (Å²) in [6.07, 6.45) is 3.55. The Morgan fingerprint density at radius 3 is 2.56 bits per heavy atom. The van der Waals surface area contributed by atoms with E-state index in [9.17, 15) is 0 Å². The molecule has 1 N–H and O–H groups in total. The highest BCUT2D eigenvalue weighted by atomic mass is 16.5. The second-order valence-electron chi connectivity index (χ2n) is 5.63. The van der Waals surface area contributed by atoms with Crippen LogP contribution in [0.25, 0.3) is 0 Å². The van der Waals surface area contributed by atoms with Crippen LogP contribution >= 0.6 is 0 Å². The van der Waals surface area contributed by atoms with Gasteiger partial charge in [-0.3, -0.25) is 0 Å². The quantitative estimate of drug-likeness (QED) is 0.891. The average Bonchev–Trinajstić information content (AvgIpc) is 3.13. The SMILES string of the molecule is CNC(c1ccc2c(c1)OCCCO2)C1(C)CC1. The minimum absolute atomic E-state index is 0.411. The van der Waals surface area contributed by atoms with Crippen molar-refractivity contribution in [3.63, 3.8) is 0 Å². The lowest BCUT2D eigenvalue weighted by Gasteiger charge is -2.24. The molecule has 3 heteroatoms. The lowest BCUT2D eigenvalue weighted by atomic mass is 9.91. The number of benzene rings is 1. The number of rotatable bonds is 3. The molecule has 1 fully saturated rings. The normalized spacial score (nSPS) is 22.1. The first kappa shape index (κ1) is 11.8. The third-order valence-corrected chi connectivity index (χ3v) is 4.13. The molecular formula is C15H21NO2. The van der Waals surface area contributed by atoms with Crippen LogP contribution in [0.3, 0.4) is 0 Å². The summed E-state index contributed by atoms with van der Waals surface area (Å²) in [5.74, 6) is 1.78. The van der Waals surface area contributed by atoms with E-state index in [4.69, 9.17) is 9.47 Å². The maximum absolute atomic E-state index is 5.76. The van der Waals surface area contributed by atoms with Gasteiger partial charge in [-0.25, -0.2) is 0 Å². The molecule has 1 atom stereocenters. The molecule has 3 nitrogen and oxygen atoms in total. The van der Waals surface area contributed by atoms with Gasteiger partial charge < -0.3 is 14.8 Å². The third kappa shape index (κ3) is 2.07. The molecule has 1 saturated carbocycles. The van der Waals surface area contributed by atoms with Crippen molar-refractivity contribution in [1.29, 1.82) is 0 Å². The van der Waals surface area contributed by atoms with Gasteiger partial charge in [0.15, 0.2) is 11.5 Å². The molecule has 1 aromatic rings. The van der Waals surface area contributed by atoms with E-state index in [0.29, 0.717) is 11.5 Å². The van der Waals surface area contributed by atoms with Crippen molar-refractivity contribution in [2.75, 3.05) is 20.3 Å². The van der Waals surface area contributed by atoms with Crippen molar-refractivity contribution in [3.05, 3.63) is 23.8 Å². The van der Waals surface area contributed by atoms with Crippen LogP contribution in [0.15, 0.2) is 18.2 Å². The van der Waals surface area contributed by atoms with Gasteiger partial charge in [-0.1, -0.05) is 13.0 Å². The molecule has 1 heterocycles. The fraction of sp³-hybridized carbons (Fsp3) is 0.600. The van der Waals surface area contributed by atoms with Crippen LogP contribution in [-0.4, -0.2) is 20.3 Å². The lowest BCUT2D eigenvalue weighted by Crippen LogP contribution is -2.24. The minimum Gasteiger partial charge on any atom is -0.490 e. The van der Waals surface area contributed by atoms with Crippen LogP contribution in [0, 0.1) is 5.41 Å². The Kier molecular flexibility index (Phi) is 2.94. The summed E-state index contributed by atoms with van der Waals surface area (Å²) in [5, 5.41) is 3.45. The Morgan fingerprint density at radius 1 is 1.17 bits per heavy atom. The van der Waals surface area contributed by atoms with E-state index in [1.165, 1.54) is 18.4 Å². The molecular weight excluding hydrogens is 226 g/mol. The molecule has 0 aromatic heterocycles. The Labute approximate surface area is 108 Å². The second-order valence-corrected chi connectivity index (χ2v) is 5.63. The highest BCUT2D eigenvalue weighted by molar-refractivity contribution is 5.45. The molecule has 98 valence electrons. The number of nitrogens with one attached hydrogen (secondary N) is 1. The average molecular weight is 247 g/mol. The molecule has 0 amide bonds. The maximum atomic E-state index is 5.76. The summed E-state index contributed by atoms with van der Waals surface area (Å²) in [7, 11) is 2.04. The summed E-state index contributed by atoms with van der Waals surface area (Å²) >= 11 is 0. The van der Waals surface area contributed by atoms with E-state index in [-0.39, 0.29) is 0 Å². The van der Waals surface area contributed by atoms with Crippen LogP contribution in [0.2, 0.25) is 0 Å². The summed E-state index contributed by atoms with van der Waals surface area (Å²) in [6.45, 7) is 3.84. The fourth-order valence-electron chi connectivity index (χ4n) is 2.76. The number of ether oxygens (including phenoxy) is 2. The maximum Gasteiger partial charge on any atom is 0.161 e. The summed E-state index contributed by atoms with van der Waals surface area (Å²) in [6, 6.07) is 6.77. The van der Waals surface area contributed by atoms with Gasteiger partial charge in [-0.15, -0.1) is 0 Å². The van der Waals surface area contributed by atoms with Crippen molar-refractivity contribution in [1.82, 2.24) is 5.32 Å². The zero-order chi connectivity index (χ0) is 12.6. The van der Waals surface area contributed by atoms with Crippen molar-refractivity contribution in [2.45, 2.75) is 32.2 Å². The lowest BCUT2D eigenvalue weighted by molar-refractivity contribution is 0.296. The molecule has 1 unspecified atom stereocenters. The van der Waals surface area contributed by atoms with E-state index in [0.717, 1.165) is 31.1 Å². The predicted molar refractivity (Wildman–Crippen MR) is 71.2 cm³/mol. The largest absolute Gasteiger partial charge is 0.490 e. The highest BCUT2D eigenvalue weighted by Crippen LogP contribution is 2.54. The zero-order valence-corrected chi connectivity index (χ0v) is 11.2. The van der Waals surface area contributed by atoms with Gasteiger partial charge in [0, 0.05) is 12.5 Å². The molecule has 0 bridgehead atoms. The molecule has 3 rings (SSSR count). The molecule has 18 heavy (non-hydrogen) atoms. The van der Waals surface area contributed by atoms with E-state index in [2.05, 4.69) is 24.4 Å². The fourth-order valence-corrected chi connectivity index (χ4v) is 2.76. The summed E-state index contributed by atoms with van der Waals surface area (Å²) in [4.78, 5) is 0. The molecule has 0 spiro atoms. The van der Waals surface area contributed by atoms with Gasteiger partial charge in [0.25, 0.3) is 0 Å². The van der Waals surface area contributed by atoms with Crippen LogP contribution in [0.4, 0.5) is 0 Å². The highest BCUT2D eigenvalue weighted by Gasteiger charge is 2.44. The molecule has 1 aromatic carbocycles. The van der Waals surface area contributed by atoms with Crippen molar-refractivity contribution < 1.29 is 9.47 Å². The van der Waals surface area contributed by atoms with E-state index < -0.39 is 0 Å². The van der Waals surface area contributed by atoms with Gasteiger partial charge in [-0.05, 0) is 43.0 Å². The van der Waals surface area contributed by atoms with Gasteiger partial charge in [0.05, 0.1) is 13.2 Å². The van der Waals surface area contributed by atoms with Gasteiger partial charge in [-0.2, -0.15) is 0 Å². The summed E-state index contributed by atoms with van der Waals surface area (Å²) < 4.78 is 11.4. The Bertz CT molecular complexity index is 440. The van der Waals surface area contributed by atoms with Crippen molar-refractivity contribution in [3.8, 4) is 11.5 Å². The Hall–Kier alpha value is -1.22. The molecule has 0 radical (unpaired) electrons. The predicted octanol–water partition coefficient (Wildman–Crippen LogP) is 2.91. The molecule has 0 saturated heterocycles. The van der Waals surface area contributed by atoms with Crippen molar-refractivity contribution in [2.24, 2.45) is 5.41 Å². The van der Waals surface area contributed by atoms with Gasteiger partial charge >= 0.3 is 0 Å². The molecule has 1 aliphatic carbocycles. The Balaban J connectivity index is 1.91. The Morgan fingerprint density at radius 2 is 1.89 bits per heavy atom. The topological polar surface area (TPSA) is 30.5 Å². The zero-order valence-electron chi connectivity index (χ0n) is 11.2. The van der Waals surface area contributed by atoms with Crippen molar-refractivity contribution >= 4 is 0 Å². The number of hydrogen-bond acceptors (Lipinski definition) is 3. The van der Waals surface area contributed by atoms with E-state index in [1.807, 2.05) is 13.1 Å². The van der Waals surface area contributed by atoms with Gasteiger partial charge in [0.1, 0.15) is 0 Å².